The second-order valence-corrected chi connectivity index (χ2v) is 4.77. The number of morpholine rings is 1. The van der Waals surface area contributed by atoms with E-state index in [0.29, 0.717) is 24.9 Å². The number of carbonyl (C=O) groups is 1. The third kappa shape index (κ3) is 2.49. The van der Waals surface area contributed by atoms with E-state index in [0.717, 1.165) is 19.6 Å². The van der Waals surface area contributed by atoms with Crippen molar-refractivity contribution in [2.24, 2.45) is 5.92 Å². The number of nitrogens with one attached hydrogen (secondary N) is 1. The summed E-state index contributed by atoms with van der Waals surface area (Å²) in [4.78, 5) is 14.0. The van der Waals surface area contributed by atoms with E-state index in [9.17, 15) is 4.79 Å². The second kappa shape index (κ2) is 4.49. The highest BCUT2D eigenvalue weighted by Crippen LogP contribution is 2.16. The van der Waals surface area contributed by atoms with Crippen molar-refractivity contribution in [3.63, 3.8) is 0 Å². The molecule has 2 saturated heterocycles. The normalized spacial score (nSPS) is 32.5. The lowest BCUT2D eigenvalue weighted by Crippen LogP contribution is -2.52. The zero-order valence-electron chi connectivity index (χ0n) is 9.53. The van der Waals surface area contributed by atoms with Gasteiger partial charge in [-0.3, -0.25) is 4.79 Å². The minimum Gasteiger partial charge on any atom is -0.375 e. The third-order valence-electron chi connectivity index (χ3n) is 3.26. The molecule has 1 amide bonds. The molecule has 2 rings (SSSR count). The number of rotatable bonds is 2. The Bertz CT molecular complexity index is 241. The summed E-state index contributed by atoms with van der Waals surface area (Å²) in [5, 5.41) is 3.19. The molecule has 0 bridgehead atoms. The summed E-state index contributed by atoms with van der Waals surface area (Å²) in [6, 6.07) is 0.238. The maximum Gasteiger partial charge on any atom is 0.223 e. The van der Waals surface area contributed by atoms with E-state index in [2.05, 4.69) is 12.2 Å². The Labute approximate surface area is 91.0 Å². The molecule has 15 heavy (non-hydrogen) atoms. The van der Waals surface area contributed by atoms with Gasteiger partial charge in [-0.1, -0.05) is 0 Å². The van der Waals surface area contributed by atoms with Crippen LogP contribution in [0.2, 0.25) is 0 Å². The Hall–Kier alpha value is -0.610. The first-order valence-electron chi connectivity index (χ1n) is 5.78. The van der Waals surface area contributed by atoms with E-state index in [1.807, 2.05) is 11.8 Å². The van der Waals surface area contributed by atoms with Gasteiger partial charge >= 0.3 is 0 Å². The Balaban J connectivity index is 1.86. The molecule has 4 heteroatoms. The molecule has 4 nitrogen and oxygen atoms in total. The summed E-state index contributed by atoms with van der Waals surface area (Å²) in [5.41, 5.74) is 0. The smallest absolute Gasteiger partial charge is 0.223 e. The van der Waals surface area contributed by atoms with Gasteiger partial charge in [-0.05, 0) is 32.9 Å². The fraction of sp³-hybridized carbons (Fsp3) is 0.909. The van der Waals surface area contributed by atoms with Gasteiger partial charge < -0.3 is 15.0 Å². The van der Waals surface area contributed by atoms with Crippen molar-refractivity contribution in [2.45, 2.75) is 32.4 Å². The average Bonchev–Trinajstić information content (AvgIpc) is 2.15. The Kier molecular flexibility index (Phi) is 3.26. The van der Waals surface area contributed by atoms with E-state index in [-0.39, 0.29) is 12.1 Å². The van der Waals surface area contributed by atoms with Crippen LogP contribution in [0.1, 0.15) is 20.3 Å². The minimum atomic E-state index is 0.185. The molecule has 2 heterocycles. The van der Waals surface area contributed by atoms with Crippen LogP contribution in [0, 0.1) is 5.92 Å². The molecule has 0 aromatic rings. The van der Waals surface area contributed by atoms with Crippen molar-refractivity contribution >= 4 is 5.91 Å². The zero-order chi connectivity index (χ0) is 10.8. The monoisotopic (exact) mass is 212 g/mol. The molecule has 86 valence electrons. The number of carbonyl (C=O) groups excluding carboxylic acids is 1. The highest BCUT2D eigenvalue weighted by Gasteiger charge is 2.30. The Morgan fingerprint density at radius 2 is 2.20 bits per heavy atom. The van der Waals surface area contributed by atoms with Crippen LogP contribution < -0.4 is 5.32 Å². The van der Waals surface area contributed by atoms with Crippen molar-refractivity contribution < 1.29 is 9.53 Å². The summed E-state index contributed by atoms with van der Waals surface area (Å²) in [6.45, 7) is 7.51. The molecule has 2 atom stereocenters. The van der Waals surface area contributed by atoms with E-state index < -0.39 is 0 Å². The first-order valence-corrected chi connectivity index (χ1v) is 5.78. The summed E-state index contributed by atoms with van der Waals surface area (Å²) in [5.74, 6) is 0.854. The molecule has 2 unspecified atom stereocenters. The van der Waals surface area contributed by atoms with Crippen LogP contribution in [-0.4, -0.2) is 49.2 Å². The molecule has 0 aliphatic carbocycles. The van der Waals surface area contributed by atoms with Gasteiger partial charge in [-0.2, -0.15) is 0 Å². The molecule has 2 aliphatic rings. The standard InChI is InChI=1S/C11H20N2O2/c1-8-7-15-9(2)6-13(8)11(14)3-10-4-12-5-10/h8-10,12H,3-7H2,1-2H3. The summed E-state index contributed by atoms with van der Waals surface area (Å²) < 4.78 is 5.51. The lowest BCUT2D eigenvalue weighted by Gasteiger charge is -2.38. The average molecular weight is 212 g/mol. The number of hydrogen-bond acceptors (Lipinski definition) is 3. The Morgan fingerprint density at radius 3 is 2.80 bits per heavy atom. The molecule has 2 aliphatic heterocycles. The van der Waals surface area contributed by atoms with Gasteiger partial charge in [-0.15, -0.1) is 0 Å². The van der Waals surface area contributed by atoms with Crippen LogP contribution in [0.5, 0.6) is 0 Å². The van der Waals surface area contributed by atoms with Gasteiger partial charge in [0.25, 0.3) is 0 Å². The largest absolute Gasteiger partial charge is 0.375 e. The third-order valence-corrected chi connectivity index (χ3v) is 3.26. The highest BCUT2D eigenvalue weighted by atomic mass is 16.5. The van der Waals surface area contributed by atoms with Crippen molar-refractivity contribution in [1.82, 2.24) is 10.2 Å². The quantitative estimate of drug-likeness (QED) is 0.712. The van der Waals surface area contributed by atoms with Crippen molar-refractivity contribution in [3.8, 4) is 0 Å². The van der Waals surface area contributed by atoms with Gasteiger partial charge in [0.05, 0.1) is 18.8 Å². The maximum absolute atomic E-state index is 12.0. The lowest BCUT2D eigenvalue weighted by molar-refractivity contribution is -0.144. The van der Waals surface area contributed by atoms with E-state index in [1.165, 1.54) is 0 Å². The van der Waals surface area contributed by atoms with Crippen LogP contribution in [0.3, 0.4) is 0 Å². The van der Waals surface area contributed by atoms with Crippen LogP contribution in [-0.2, 0) is 9.53 Å². The number of nitrogens with zero attached hydrogens (tertiary/aromatic N) is 1. The molecule has 0 aromatic heterocycles. The van der Waals surface area contributed by atoms with Gasteiger partial charge in [0.2, 0.25) is 5.91 Å². The first kappa shape index (κ1) is 10.9. The second-order valence-electron chi connectivity index (χ2n) is 4.77. The maximum atomic E-state index is 12.0. The summed E-state index contributed by atoms with van der Waals surface area (Å²) in [6.07, 6.45) is 0.883. The van der Waals surface area contributed by atoms with Crippen molar-refractivity contribution in [3.05, 3.63) is 0 Å². The fourth-order valence-corrected chi connectivity index (χ4v) is 2.11. The van der Waals surface area contributed by atoms with E-state index in [1.54, 1.807) is 0 Å². The first-order chi connectivity index (χ1) is 7.16. The summed E-state index contributed by atoms with van der Waals surface area (Å²) in [7, 11) is 0. The predicted octanol–water partition coefficient (Wildman–Crippen LogP) is 0.232. The fourth-order valence-electron chi connectivity index (χ4n) is 2.11. The molecule has 0 aromatic carbocycles. The molecular formula is C11H20N2O2. The molecule has 0 radical (unpaired) electrons. The molecule has 0 spiro atoms. The van der Waals surface area contributed by atoms with Crippen LogP contribution in [0.4, 0.5) is 0 Å². The Morgan fingerprint density at radius 1 is 1.47 bits per heavy atom. The molecular weight excluding hydrogens is 192 g/mol. The van der Waals surface area contributed by atoms with Crippen molar-refractivity contribution in [1.29, 1.82) is 0 Å². The van der Waals surface area contributed by atoms with Crippen LogP contribution in [0.25, 0.3) is 0 Å². The van der Waals surface area contributed by atoms with Gasteiger partial charge in [0.15, 0.2) is 0 Å². The number of ether oxygens (including phenoxy) is 1. The van der Waals surface area contributed by atoms with Crippen LogP contribution >= 0.6 is 0 Å². The number of hydrogen-bond donors (Lipinski definition) is 1. The molecule has 1 N–H and O–H groups in total. The SMILES string of the molecule is CC1CN(C(=O)CC2CNC2)C(C)CO1. The van der Waals surface area contributed by atoms with E-state index >= 15 is 0 Å². The van der Waals surface area contributed by atoms with Crippen molar-refractivity contribution in [2.75, 3.05) is 26.2 Å². The van der Waals surface area contributed by atoms with Crippen LogP contribution in [0.15, 0.2) is 0 Å². The minimum absolute atomic E-state index is 0.185. The van der Waals surface area contributed by atoms with Gasteiger partial charge in [0, 0.05) is 13.0 Å². The van der Waals surface area contributed by atoms with E-state index in [4.69, 9.17) is 4.74 Å². The lowest BCUT2D eigenvalue weighted by atomic mass is 9.98. The topological polar surface area (TPSA) is 41.6 Å². The molecule has 2 fully saturated rings. The van der Waals surface area contributed by atoms with Gasteiger partial charge in [-0.25, -0.2) is 0 Å². The zero-order valence-corrected chi connectivity index (χ0v) is 9.53. The highest BCUT2D eigenvalue weighted by molar-refractivity contribution is 5.77. The number of amides is 1. The van der Waals surface area contributed by atoms with Gasteiger partial charge in [0.1, 0.15) is 0 Å². The predicted molar refractivity (Wildman–Crippen MR) is 57.6 cm³/mol. The molecule has 0 saturated carbocycles. The summed E-state index contributed by atoms with van der Waals surface area (Å²) >= 11 is 0.